The van der Waals surface area contributed by atoms with Gasteiger partial charge in [-0.1, -0.05) is 19.3 Å². The Morgan fingerprint density at radius 3 is 2.71 bits per heavy atom. The van der Waals surface area contributed by atoms with Gasteiger partial charge in [0.1, 0.15) is 0 Å². The monoisotopic (exact) mass is 292 g/mol. The van der Waals surface area contributed by atoms with Crippen molar-refractivity contribution in [3.63, 3.8) is 0 Å². The van der Waals surface area contributed by atoms with Crippen molar-refractivity contribution in [2.45, 2.75) is 51.6 Å². The maximum absolute atomic E-state index is 12.2. The summed E-state index contributed by atoms with van der Waals surface area (Å²) in [7, 11) is 3.96. The Kier molecular flexibility index (Phi) is 5.79. The average molecular weight is 292 g/mol. The fourth-order valence-corrected chi connectivity index (χ4v) is 3.15. The van der Waals surface area contributed by atoms with Crippen LogP contribution in [0.1, 0.15) is 39.0 Å². The summed E-state index contributed by atoms with van der Waals surface area (Å²) < 4.78 is 1.60. The highest BCUT2D eigenvalue weighted by atomic mass is 16.1. The highest BCUT2D eigenvalue weighted by Gasteiger charge is 2.23. The van der Waals surface area contributed by atoms with E-state index in [0.717, 1.165) is 12.2 Å². The van der Waals surface area contributed by atoms with E-state index in [-0.39, 0.29) is 5.56 Å². The molecule has 1 fully saturated rings. The molecule has 0 bridgehead atoms. The predicted octanol–water partition coefficient (Wildman–Crippen LogP) is 1.87. The van der Waals surface area contributed by atoms with Crippen LogP contribution in [0.25, 0.3) is 0 Å². The fourth-order valence-electron chi connectivity index (χ4n) is 3.15. The van der Waals surface area contributed by atoms with Gasteiger partial charge in [0.05, 0.1) is 18.4 Å². The van der Waals surface area contributed by atoms with Gasteiger partial charge in [-0.05, 0) is 32.7 Å². The SMILES string of the molecule is CCN(C)c1cnn(CC(NC)C2CCCCC2)c(=O)c1. The van der Waals surface area contributed by atoms with Crippen LogP contribution in [0.5, 0.6) is 0 Å². The van der Waals surface area contributed by atoms with Crippen LogP contribution in [0, 0.1) is 5.92 Å². The number of hydrogen-bond donors (Lipinski definition) is 1. The Morgan fingerprint density at radius 2 is 2.14 bits per heavy atom. The van der Waals surface area contributed by atoms with Gasteiger partial charge >= 0.3 is 0 Å². The number of anilines is 1. The Hall–Kier alpha value is -1.36. The van der Waals surface area contributed by atoms with Crippen LogP contribution in [-0.2, 0) is 6.54 Å². The van der Waals surface area contributed by atoms with Crippen LogP contribution in [0.2, 0.25) is 0 Å². The standard InChI is InChI=1S/C16H28N4O/c1-4-19(3)14-10-16(21)20(18-11-14)12-15(17-2)13-8-6-5-7-9-13/h10-11,13,15,17H,4-9,12H2,1-3H3. The van der Waals surface area contributed by atoms with Crippen LogP contribution >= 0.6 is 0 Å². The van der Waals surface area contributed by atoms with Gasteiger partial charge < -0.3 is 10.2 Å². The van der Waals surface area contributed by atoms with Crippen LogP contribution in [-0.4, -0.2) is 36.5 Å². The molecule has 0 amide bonds. The molecule has 1 saturated carbocycles. The fraction of sp³-hybridized carbons (Fsp3) is 0.750. The summed E-state index contributed by atoms with van der Waals surface area (Å²) in [5.41, 5.74) is 0.876. The molecule has 118 valence electrons. The lowest BCUT2D eigenvalue weighted by molar-refractivity contribution is 0.249. The van der Waals surface area contributed by atoms with E-state index in [2.05, 4.69) is 17.3 Å². The third-order valence-electron chi connectivity index (χ3n) is 4.73. The van der Waals surface area contributed by atoms with Gasteiger partial charge in [0.2, 0.25) is 0 Å². The maximum atomic E-state index is 12.2. The normalized spacial score (nSPS) is 17.7. The molecule has 0 aromatic carbocycles. The number of nitrogens with zero attached hydrogens (tertiary/aromatic N) is 3. The number of nitrogens with one attached hydrogen (secondary N) is 1. The Balaban J connectivity index is 2.08. The summed E-state index contributed by atoms with van der Waals surface area (Å²) >= 11 is 0. The van der Waals surface area contributed by atoms with E-state index in [1.54, 1.807) is 16.9 Å². The first-order valence-corrected chi connectivity index (χ1v) is 8.11. The van der Waals surface area contributed by atoms with Gasteiger partial charge in [-0.25, -0.2) is 4.68 Å². The van der Waals surface area contributed by atoms with Crippen molar-refractivity contribution in [2.24, 2.45) is 5.92 Å². The second-order valence-corrected chi connectivity index (χ2v) is 6.04. The molecule has 1 heterocycles. The van der Waals surface area contributed by atoms with Crippen molar-refractivity contribution in [3.8, 4) is 0 Å². The van der Waals surface area contributed by atoms with Crippen molar-refractivity contribution in [3.05, 3.63) is 22.6 Å². The van der Waals surface area contributed by atoms with Crippen molar-refractivity contribution >= 4 is 5.69 Å². The minimum absolute atomic E-state index is 0.0103. The first-order valence-electron chi connectivity index (χ1n) is 8.11. The molecule has 1 N–H and O–H groups in total. The summed E-state index contributed by atoms with van der Waals surface area (Å²) in [5.74, 6) is 0.662. The summed E-state index contributed by atoms with van der Waals surface area (Å²) in [6, 6.07) is 2.02. The zero-order valence-electron chi connectivity index (χ0n) is 13.5. The molecule has 1 unspecified atom stereocenters. The van der Waals surface area contributed by atoms with E-state index in [1.165, 1.54) is 32.1 Å². The number of hydrogen-bond acceptors (Lipinski definition) is 4. The van der Waals surface area contributed by atoms with Crippen molar-refractivity contribution in [2.75, 3.05) is 25.5 Å². The number of rotatable bonds is 6. The molecule has 0 radical (unpaired) electrons. The second-order valence-electron chi connectivity index (χ2n) is 6.04. The number of likely N-dealkylation sites (N-methyl/N-ethyl adjacent to an activating group) is 1. The van der Waals surface area contributed by atoms with Gasteiger partial charge in [0, 0.05) is 25.7 Å². The van der Waals surface area contributed by atoms with Gasteiger partial charge in [-0.15, -0.1) is 0 Å². The van der Waals surface area contributed by atoms with Crippen LogP contribution in [0.4, 0.5) is 5.69 Å². The topological polar surface area (TPSA) is 50.2 Å². The molecule has 1 aromatic heterocycles. The van der Waals surface area contributed by atoms with Gasteiger partial charge in [-0.3, -0.25) is 4.79 Å². The number of aromatic nitrogens is 2. The lowest BCUT2D eigenvalue weighted by Gasteiger charge is -2.30. The van der Waals surface area contributed by atoms with E-state index >= 15 is 0 Å². The summed E-state index contributed by atoms with van der Waals surface area (Å²) in [4.78, 5) is 14.3. The Bertz CT molecular complexity index is 493. The van der Waals surface area contributed by atoms with E-state index in [0.29, 0.717) is 18.5 Å². The molecular formula is C16H28N4O. The highest BCUT2D eigenvalue weighted by Crippen LogP contribution is 2.26. The molecular weight excluding hydrogens is 264 g/mol. The molecule has 1 aliphatic carbocycles. The van der Waals surface area contributed by atoms with E-state index < -0.39 is 0 Å². The van der Waals surface area contributed by atoms with Crippen LogP contribution in [0.3, 0.4) is 0 Å². The molecule has 2 rings (SSSR count). The molecule has 1 atom stereocenters. The minimum Gasteiger partial charge on any atom is -0.373 e. The molecule has 0 spiro atoms. The first-order chi connectivity index (χ1) is 10.2. The highest BCUT2D eigenvalue weighted by molar-refractivity contribution is 5.41. The maximum Gasteiger partial charge on any atom is 0.268 e. The predicted molar refractivity (Wildman–Crippen MR) is 86.9 cm³/mol. The van der Waals surface area contributed by atoms with E-state index in [1.807, 2.05) is 19.0 Å². The molecule has 1 aliphatic rings. The third-order valence-corrected chi connectivity index (χ3v) is 4.73. The van der Waals surface area contributed by atoms with E-state index in [4.69, 9.17) is 0 Å². The van der Waals surface area contributed by atoms with Crippen LogP contribution in [0.15, 0.2) is 17.1 Å². The van der Waals surface area contributed by atoms with Crippen molar-refractivity contribution in [1.82, 2.24) is 15.1 Å². The Morgan fingerprint density at radius 1 is 1.43 bits per heavy atom. The third kappa shape index (κ3) is 4.06. The van der Waals surface area contributed by atoms with E-state index in [9.17, 15) is 4.79 Å². The smallest absolute Gasteiger partial charge is 0.268 e. The second kappa shape index (κ2) is 7.59. The lowest BCUT2D eigenvalue weighted by atomic mass is 9.84. The Labute approximate surface area is 127 Å². The zero-order chi connectivity index (χ0) is 15.2. The summed E-state index contributed by atoms with van der Waals surface area (Å²) in [6.45, 7) is 3.59. The molecule has 5 nitrogen and oxygen atoms in total. The lowest BCUT2D eigenvalue weighted by Crippen LogP contribution is -2.41. The summed E-state index contributed by atoms with van der Waals surface area (Å²) in [6.07, 6.45) is 8.28. The van der Waals surface area contributed by atoms with Gasteiger partial charge in [-0.2, -0.15) is 5.10 Å². The van der Waals surface area contributed by atoms with Crippen molar-refractivity contribution < 1.29 is 0 Å². The van der Waals surface area contributed by atoms with Gasteiger partial charge in [0.25, 0.3) is 5.56 Å². The molecule has 0 aliphatic heterocycles. The first kappa shape index (κ1) is 16.0. The molecule has 1 aromatic rings. The molecule has 21 heavy (non-hydrogen) atoms. The van der Waals surface area contributed by atoms with Gasteiger partial charge in [0.15, 0.2) is 0 Å². The summed E-state index contributed by atoms with van der Waals surface area (Å²) in [5, 5.41) is 7.74. The average Bonchev–Trinajstić information content (AvgIpc) is 2.53. The van der Waals surface area contributed by atoms with Crippen LogP contribution < -0.4 is 15.8 Å². The zero-order valence-corrected chi connectivity index (χ0v) is 13.5. The largest absolute Gasteiger partial charge is 0.373 e. The quantitative estimate of drug-likeness (QED) is 0.869. The van der Waals surface area contributed by atoms with Crippen molar-refractivity contribution in [1.29, 1.82) is 0 Å². The molecule has 5 heteroatoms. The molecule has 0 saturated heterocycles. The minimum atomic E-state index is -0.0103.